The molecule has 0 saturated heterocycles. The van der Waals surface area contributed by atoms with Crippen LogP contribution in [-0.2, 0) is 16.0 Å². The molecule has 130 valence electrons. The lowest BCUT2D eigenvalue weighted by Crippen LogP contribution is -2.19. The fourth-order valence-electron chi connectivity index (χ4n) is 2.44. The van der Waals surface area contributed by atoms with Gasteiger partial charge in [0.1, 0.15) is 12.0 Å². The van der Waals surface area contributed by atoms with E-state index in [0.29, 0.717) is 11.5 Å². The highest BCUT2D eigenvalue weighted by molar-refractivity contribution is 5.95. The average molecular weight is 339 g/mol. The quantitative estimate of drug-likeness (QED) is 0.841. The fraction of sp³-hybridized carbons (Fsp3) is 0.333. The number of carbonyl (C=O) groups excluding carboxylic acids is 2. The van der Waals surface area contributed by atoms with Crippen molar-refractivity contribution in [3.8, 4) is 0 Å². The van der Waals surface area contributed by atoms with E-state index in [1.165, 1.54) is 6.33 Å². The van der Waals surface area contributed by atoms with Crippen molar-refractivity contribution in [1.29, 1.82) is 0 Å². The van der Waals surface area contributed by atoms with Gasteiger partial charge in [0.15, 0.2) is 5.82 Å². The van der Waals surface area contributed by atoms with Gasteiger partial charge in [-0.2, -0.15) is 0 Å². The van der Waals surface area contributed by atoms with E-state index in [2.05, 4.69) is 20.6 Å². The van der Waals surface area contributed by atoms with Crippen molar-refractivity contribution in [1.82, 2.24) is 9.97 Å². The van der Waals surface area contributed by atoms with E-state index < -0.39 is 0 Å². The molecule has 0 unspecified atom stereocenters. The number of aromatic nitrogens is 2. The average Bonchev–Trinajstić information content (AvgIpc) is 3.42. The van der Waals surface area contributed by atoms with E-state index in [0.717, 1.165) is 24.1 Å². The third-order valence-corrected chi connectivity index (χ3v) is 3.92. The Kier molecular flexibility index (Phi) is 4.92. The van der Waals surface area contributed by atoms with Gasteiger partial charge in [-0.1, -0.05) is 12.1 Å². The molecule has 7 nitrogen and oxygen atoms in total. The van der Waals surface area contributed by atoms with Gasteiger partial charge in [0.2, 0.25) is 11.8 Å². The molecule has 1 aliphatic carbocycles. The summed E-state index contributed by atoms with van der Waals surface area (Å²) in [6.45, 7) is 0. The van der Waals surface area contributed by atoms with Gasteiger partial charge in [0, 0.05) is 25.7 Å². The topological polar surface area (TPSA) is 87.2 Å². The Morgan fingerprint density at radius 2 is 1.88 bits per heavy atom. The first-order chi connectivity index (χ1) is 12.0. The van der Waals surface area contributed by atoms with E-state index in [9.17, 15) is 9.59 Å². The highest BCUT2D eigenvalue weighted by Gasteiger charge is 2.29. The lowest BCUT2D eigenvalue weighted by atomic mass is 10.1. The maximum Gasteiger partial charge on any atom is 0.228 e. The van der Waals surface area contributed by atoms with Gasteiger partial charge in [-0.3, -0.25) is 9.59 Å². The molecular weight excluding hydrogens is 318 g/mol. The molecule has 3 rings (SSSR count). The van der Waals surface area contributed by atoms with E-state index >= 15 is 0 Å². The van der Waals surface area contributed by atoms with Crippen molar-refractivity contribution in [3.63, 3.8) is 0 Å². The van der Waals surface area contributed by atoms with Crippen molar-refractivity contribution >= 4 is 29.0 Å². The van der Waals surface area contributed by atoms with E-state index in [1.807, 2.05) is 43.3 Å². The van der Waals surface area contributed by atoms with Gasteiger partial charge in [-0.05, 0) is 30.5 Å². The zero-order valence-electron chi connectivity index (χ0n) is 14.3. The Morgan fingerprint density at radius 3 is 2.52 bits per heavy atom. The van der Waals surface area contributed by atoms with E-state index in [-0.39, 0.29) is 24.2 Å². The monoisotopic (exact) mass is 339 g/mol. The van der Waals surface area contributed by atoms with E-state index in [4.69, 9.17) is 0 Å². The van der Waals surface area contributed by atoms with Crippen LogP contribution in [0.3, 0.4) is 0 Å². The third kappa shape index (κ3) is 4.53. The number of nitrogens with zero attached hydrogens (tertiary/aromatic N) is 3. The summed E-state index contributed by atoms with van der Waals surface area (Å²) in [5.41, 5.74) is 2.20. The Hall–Kier alpha value is -2.96. The van der Waals surface area contributed by atoms with Gasteiger partial charge in [0.05, 0.1) is 12.6 Å². The van der Waals surface area contributed by atoms with Crippen molar-refractivity contribution in [2.75, 3.05) is 29.6 Å². The SMILES string of the molecule is CN(C)c1ncncc1NC(=O)Cc1ccc(NC(=O)C2CC2)cc1. The van der Waals surface area contributed by atoms with Crippen LogP contribution in [0.2, 0.25) is 0 Å². The molecule has 1 heterocycles. The molecule has 1 saturated carbocycles. The number of hydrogen-bond donors (Lipinski definition) is 2. The summed E-state index contributed by atoms with van der Waals surface area (Å²) in [5.74, 6) is 0.754. The number of benzene rings is 1. The smallest absolute Gasteiger partial charge is 0.228 e. The molecule has 0 atom stereocenters. The van der Waals surface area contributed by atoms with Gasteiger partial charge in [-0.15, -0.1) is 0 Å². The van der Waals surface area contributed by atoms with Crippen molar-refractivity contribution in [2.45, 2.75) is 19.3 Å². The first kappa shape index (κ1) is 16.9. The van der Waals surface area contributed by atoms with Crippen LogP contribution >= 0.6 is 0 Å². The molecule has 2 aromatic rings. The zero-order valence-corrected chi connectivity index (χ0v) is 14.3. The molecule has 0 aliphatic heterocycles. The summed E-state index contributed by atoms with van der Waals surface area (Å²) in [5, 5.41) is 5.72. The molecule has 1 aromatic heterocycles. The van der Waals surface area contributed by atoms with Crippen LogP contribution < -0.4 is 15.5 Å². The normalized spacial score (nSPS) is 13.2. The Balaban J connectivity index is 1.58. The number of rotatable bonds is 6. The largest absolute Gasteiger partial charge is 0.361 e. The van der Waals surface area contributed by atoms with E-state index in [1.54, 1.807) is 6.20 Å². The van der Waals surface area contributed by atoms with Gasteiger partial charge in [0.25, 0.3) is 0 Å². The molecule has 0 bridgehead atoms. The van der Waals surface area contributed by atoms with Crippen LogP contribution in [0.15, 0.2) is 36.8 Å². The standard InChI is InChI=1S/C18H21N5O2/c1-23(2)17-15(10-19-11-20-17)22-16(24)9-12-3-7-14(8-4-12)21-18(25)13-5-6-13/h3-4,7-8,10-11,13H,5-6,9H2,1-2H3,(H,21,25)(H,22,24). The fourth-order valence-corrected chi connectivity index (χ4v) is 2.44. The van der Waals surface area contributed by atoms with Gasteiger partial charge >= 0.3 is 0 Å². The Labute approximate surface area is 146 Å². The maximum atomic E-state index is 12.3. The summed E-state index contributed by atoms with van der Waals surface area (Å²) in [7, 11) is 3.71. The minimum absolute atomic E-state index is 0.0748. The summed E-state index contributed by atoms with van der Waals surface area (Å²) < 4.78 is 0. The van der Waals surface area contributed by atoms with Crippen LogP contribution in [0.5, 0.6) is 0 Å². The first-order valence-electron chi connectivity index (χ1n) is 8.20. The second kappa shape index (κ2) is 7.29. The number of carbonyl (C=O) groups is 2. The van der Waals surface area contributed by atoms with Gasteiger partial charge in [-0.25, -0.2) is 9.97 Å². The minimum Gasteiger partial charge on any atom is -0.361 e. The molecule has 0 radical (unpaired) electrons. The molecule has 2 amide bonds. The molecule has 0 spiro atoms. The van der Waals surface area contributed by atoms with Crippen LogP contribution in [0, 0.1) is 5.92 Å². The summed E-state index contributed by atoms with van der Waals surface area (Å²) in [4.78, 5) is 33.9. The lowest BCUT2D eigenvalue weighted by molar-refractivity contribution is -0.117. The summed E-state index contributed by atoms with van der Waals surface area (Å²) >= 11 is 0. The zero-order chi connectivity index (χ0) is 17.8. The predicted octanol–water partition coefficient (Wildman–Crippen LogP) is 2.07. The molecular formula is C18H21N5O2. The second-order valence-corrected chi connectivity index (χ2v) is 6.34. The number of amides is 2. The second-order valence-electron chi connectivity index (χ2n) is 6.34. The molecule has 1 fully saturated rings. The molecule has 2 N–H and O–H groups in total. The Morgan fingerprint density at radius 1 is 1.16 bits per heavy atom. The van der Waals surface area contributed by atoms with Crippen LogP contribution in [0.4, 0.5) is 17.2 Å². The summed E-state index contributed by atoms with van der Waals surface area (Å²) in [6, 6.07) is 7.33. The van der Waals surface area contributed by atoms with Crippen molar-refractivity contribution < 1.29 is 9.59 Å². The highest BCUT2D eigenvalue weighted by atomic mass is 16.2. The number of hydrogen-bond acceptors (Lipinski definition) is 5. The molecule has 7 heteroatoms. The van der Waals surface area contributed by atoms with Crippen LogP contribution in [-0.4, -0.2) is 35.9 Å². The van der Waals surface area contributed by atoms with Crippen molar-refractivity contribution in [2.24, 2.45) is 5.92 Å². The predicted molar refractivity (Wildman–Crippen MR) is 96.5 cm³/mol. The van der Waals surface area contributed by atoms with Gasteiger partial charge < -0.3 is 15.5 Å². The Bertz CT molecular complexity index is 769. The van der Waals surface area contributed by atoms with Crippen LogP contribution in [0.1, 0.15) is 18.4 Å². The molecule has 25 heavy (non-hydrogen) atoms. The lowest BCUT2D eigenvalue weighted by Gasteiger charge is -2.15. The highest BCUT2D eigenvalue weighted by Crippen LogP contribution is 2.30. The third-order valence-electron chi connectivity index (χ3n) is 3.92. The maximum absolute atomic E-state index is 12.3. The number of anilines is 3. The minimum atomic E-state index is -0.146. The molecule has 1 aliphatic rings. The first-order valence-corrected chi connectivity index (χ1v) is 8.20. The van der Waals surface area contributed by atoms with Crippen molar-refractivity contribution in [3.05, 3.63) is 42.4 Å². The summed E-state index contributed by atoms with van der Waals surface area (Å²) in [6.07, 6.45) is 5.21. The molecule has 1 aromatic carbocycles. The number of nitrogens with one attached hydrogen (secondary N) is 2. The van der Waals surface area contributed by atoms with Crippen LogP contribution in [0.25, 0.3) is 0 Å².